The Morgan fingerprint density at radius 3 is 2.26 bits per heavy atom. The summed E-state index contributed by atoms with van der Waals surface area (Å²) in [5.74, 6) is -0.328. The topological polar surface area (TPSA) is 46.5 Å². The van der Waals surface area contributed by atoms with Crippen LogP contribution in [-0.4, -0.2) is 17.7 Å². The van der Waals surface area contributed by atoms with Gasteiger partial charge in [-0.1, -0.05) is 13.3 Å². The van der Waals surface area contributed by atoms with Crippen molar-refractivity contribution in [1.29, 1.82) is 0 Å². The Morgan fingerprint density at radius 1 is 1.11 bits per heavy atom. The number of carbonyl (C=O) groups is 1. The van der Waals surface area contributed by atoms with Gasteiger partial charge in [-0.15, -0.1) is 0 Å². The molecule has 0 aliphatic rings. The second-order valence-electron chi connectivity index (χ2n) is 4.90. The van der Waals surface area contributed by atoms with Crippen molar-refractivity contribution in [3.05, 3.63) is 27.8 Å². The predicted octanol–water partition coefficient (Wildman–Crippen LogP) is 3.84. The summed E-state index contributed by atoms with van der Waals surface area (Å²) < 4.78 is 5.04. The van der Waals surface area contributed by atoms with Gasteiger partial charge in [0.2, 0.25) is 0 Å². The predicted molar refractivity (Wildman–Crippen MR) is 76.9 cm³/mol. The molecule has 0 spiro atoms. The Morgan fingerprint density at radius 2 is 1.74 bits per heavy atom. The van der Waals surface area contributed by atoms with E-state index in [0.717, 1.165) is 41.5 Å². The summed E-state index contributed by atoms with van der Waals surface area (Å²) in [6.45, 7) is 10.0. The van der Waals surface area contributed by atoms with Crippen molar-refractivity contribution in [1.82, 2.24) is 0 Å². The third-order valence-corrected chi connectivity index (χ3v) is 3.74. The standard InChI is InChI=1S/C16H24O3/c1-6-8-9-13-11(4)10(3)12(5)14(15(13)17)16(18)19-7-2/h17H,6-9H2,1-5H3. The lowest BCUT2D eigenvalue weighted by molar-refractivity contribution is 0.0522. The van der Waals surface area contributed by atoms with Gasteiger partial charge in [0.1, 0.15) is 11.3 Å². The van der Waals surface area contributed by atoms with E-state index in [-0.39, 0.29) is 5.75 Å². The van der Waals surface area contributed by atoms with E-state index < -0.39 is 5.97 Å². The number of carbonyl (C=O) groups excluding carboxylic acids is 1. The molecule has 0 saturated heterocycles. The second-order valence-corrected chi connectivity index (χ2v) is 4.90. The molecule has 1 aromatic carbocycles. The fraction of sp³-hybridized carbons (Fsp3) is 0.562. The number of phenolic OH excluding ortho intramolecular Hbond substituents is 1. The SMILES string of the molecule is CCCCc1c(C)c(C)c(C)c(C(=O)OCC)c1O. The van der Waals surface area contributed by atoms with E-state index in [4.69, 9.17) is 4.74 Å². The summed E-state index contributed by atoms with van der Waals surface area (Å²) in [6.07, 6.45) is 2.85. The van der Waals surface area contributed by atoms with Gasteiger partial charge in [0.25, 0.3) is 0 Å². The average molecular weight is 264 g/mol. The quantitative estimate of drug-likeness (QED) is 0.822. The van der Waals surface area contributed by atoms with E-state index in [1.165, 1.54) is 0 Å². The van der Waals surface area contributed by atoms with E-state index in [9.17, 15) is 9.90 Å². The molecule has 3 heteroatoms. The molecule has 0 amide bonds. The van der Waals surface area contributed by atoms with Gasteiger partial charge in [-0.3, -0.25) is 0 Å². The number of hydrogen-bond donors (Lipinski definition) is 1. The van der Waals surface area contributed by atoms with Crippen LogP contribution in [0.25, 0.3) is 0 Å². The van der Waals surface area contributed by atoms with Crippen LogP contribution in [0.1, 0.15) is 59.3 Å². The summed E-state index contributed by atoms with van der Waals surface area (Å²) in [6, 6.07) is 0. The van der Waals surface area contributed by atoms with Crippen molar-refractivity contribution in [2.24, 2.45) is 0 Å². The van der Waals surface area contributed by atoms with Gasteiger partial charge in [0.15, 0.2) is 0 Å². The smallest absolute Gasteiger partial charge is 0.342 e. The molecule has 0 atom stereocenters. The third kappa shape index (κ3) is 3.09. The molecule has 1 N–H and O–H groups in total. The second kappa shape index (κ2) is 6.60. The molecule has 0 aliphatic carbocycles. The maximum Gasteiger partial charge on any atom is 0.342 e. The molecule has 19 heavy (non-hydrogen) atoms. The van der Waals surface area contributed by atoms with E-state index in [1.54, 1.807) is 6.92 Å². The van der Waals surface area contributed by atoms with E-state index >= 15 is 0 Å². The molecule has 0 aliphatic heterocycles. The minimum atomic E-state index is -0.432. The minimum Gasteiger partial charge on any atom is -0.507 e. The molecule has 0 fully saturated rings. The lowest BCUT2D eigenvalue weighted by Gasteiger charge is -2.18. The van der Waals surface area contributed by atoms with Crippen LogP contribution in [0.2, 0.25) is 0 Å². The largest absolute Gasteiger partial charge is 0.507 e. The highest BCUT2D eigenvalue weighted by molar-refractivity contribution is 5.95. The molecule has 106 valence electrons. The molecule has 0 heterocycles. The van der Waals surface area contributed by atoms with E-state index in [0.29, 0.717) is 12.2 Å². The maximum atomic E-state index is 12.0. The molecule has 0 aromatic heterocycles. The Hall–Kier alpha value is -1.51. The monoisotopic (exact) mass is 264 g/mol. The molecular formula is C16H24O3. The van der Waals surface area contributed by atoms with E-state index in [1.807, 2.05) is 20.8 Å². The number of aromatic hydroxyl groups is 1. The summed E-state index contributed by atoms with van der Waals surface area (Å²) in [7, 11) is 0. The van der Waals surface area contributed by atoms with Crippen molar-refractivity contribution in [2.75, 3.05) is 6.61 Å². The summed E-state index contributed by atoms with van der Waals surface area (Å²) >= 11 is 0. The summed E-state index contributed by atoms with van der Waals surface area (Å²) in [5.41, 5.74) is 4.17. The Balaban J connectivity index is 3.38. The van der Waals surface area contributed by atoms with Gasteiger partial charge in [0.05, 0.1) is 6.61 Å². The molecule has 0 radical (unpaired) electrons. The number of unbranched alkanes of at least 4 members (excludes halogenated alkanes) is 1. The normalized spacial score (nSPS) is 10.6. The third-order valence-electron chi connectivity index (χ3n) is 3.74. The van der Waals surface area contributed by atoms with Gasteiger partial charge in [-0.05, 0) is 62.8 Å². The first kappa shape index (κ1) is 15.5. The lowest BCUT2D eigenvalue weighted by Crippen LogP contribution is -2.11. The van der Waals surface area contributed by atoms with Crippen LogP contribution in [0.5, 0.6) is 5.75 Å². The Kier molecular flexibility index (Phi) is 5.40. The van der Waals surface area contributed by atoms with Crippen molar-refractivity contribution in [2.45, 2.75) is 53.9 Å². The first-order valence-electron chi connectivity index (χ1n) is 6.94. The number of benzene rings is 1. The van der Waals surface area contributed by atoms with Gasteiger partial charge in [0, 0.05) is 0 Å². The number of esters is 1. The van der Waals surface area contributed by atoms with Crippen molar-refractivity contribution in [3.63, 3.8) is 0 Å². The van der Waals surface area contributed by atoms with Crippen LogP contribution < -0.4 is 0 Å². The zero-order valence-corrected chi connectivity index (χ0v) is 12.6. The van der Waals surface area contributed by atoms with Gasteiger partial charge in [-0.2, -0.15) is 0 Å². The Labute approximate surface area is 115 Å². The van der Waals surface area contributed by atoms with Crippen LogP contribution in [-0.2, 0) is 11.2 Å². The van der Waals surface area contributed by atoms with Gasteiger partial charge < -0.3 is 9.84 Å². The molecule has 0 saturated carbocycles. The lowest BCUT2D eigenvalue weighted by atomic mass is 9.90. The highest BCUT2D eigenvalue weighted by atomic mass is 16.5. The van der Waals surface area contributed by atoms with Crippen LogP contribution in [0, 0.1) is 20.8 Å². The number of ether oxygens (including phenoxy) is 1. The first-order chi connectivity index (χ1) is 8.95. The van der Waals surface area contributed by atoms with E-state index in [2.05, 4.69) is 6.92 Å². The number of rotatable bonds is 5. The molecular weight excluding hydrogens is 240 g/mol. The van der Waals surface area contributed by atoms with Gasteiger partial charge in [-0.25, -0.2) is 4.79 Å². The van der Waals surface area contributed by atoms with Crippen LogP contribution >= 0.6 is 0 Å². The molecule has 1 rings (SSSR count). The van der Waals surface area contributed by atoms with Crippen LogP contribution in [0.4, 0.5) is 0 Å². The zero-order valence-electron chi connectivity index (χ0n) is 12.6. The average Bonchev–Trinajstić information content (AvgIpc) is 2.37. The minimum absolute atomic E-state index is 0.104. The maximum absolute atomic E-state index is 12.0. The number of phenols is 1. The highest BCUT2D eigenvalue weighted by Gasteiger charge is 2.22. The van der Waals surface area contributed by atoms with Crippen LogP contribution in [0.15, 0.2) is 0 Å². The summed E-state index contributed by atoms with van der Waals surface area (Å²) in [4.78, 5) is 12.0. The highest BCUT2D eigenvalue weighted by Crippen LogP contribution is 2.34. The van der Waals surface area contributed by atoms with Gasteiger partial charge >= 0.3 is 5.97 Å². The van der Waals surface area contributed by atoms with Crippen molar-refractivity contribution < 1.29 is 14.6 Å². The first-order valence-corrected chi connectivity index (χ1v) is 6.94. The van der Waals surface area contributed by atoms with Crippen LogP contribution in [0.3, 0.4) is 0 Å². The Bertz CT molecular complexity index is 476. The number of hydrogen-bond acceptors (Lipinski definition) is 3. The molecule has 0 bridgehead atoms. The van der Waals surface area contributed by atoms with Crippen molar-refractivity contribution >= 4 is 5.97 Å². The molecule has 0 unspecified atom stereocenters. The molecule has 1 aromatic rings. The fourth-order valence-corrected chi connectivity index (χ4v) is 2.31. The summed E-state index contributed by atoms with van der Waals surface area (Å²) in [5, 5.41) is 10.4. The van der Waals surface area contributed by atoms with Crippen molar-refractivity contribution in [3.8, 4) is 5.75 Å². The zero-order chi connectivity index (χ0) is 14.6. The fourth-order valence-electron chi connectivity index (χ4n) is 2.31. The molecule has 3 nitrogen and oxygen atoms in total.